The monoisotopic (exact) mass is 250 g/mol. The number of nitrogens with zero attached hydrogens (tertiary/aromatic N) is 2. The molecule has 0 aliphatic rings. The summed E-state index contributed by atoms with van der Waals surface area (Å²) >= 11 is 0. The predicted molar refractivity (Wildman–Crippen MR) is 72.6 cm³/mol. The first-order valence-electron chi connectivity index (χ1n) is 6.55. The van der Waals surface area contributed by atoms with Crippen LogP contribution in [0.1, 0.15) is 50.5 Å². The standard InChI is InChI=1S/C13H22N4O/c1-4-6-9-14-13(18)11-7-8-12(17-16-11)15-10(3)5-2/h7-8,10H,4-6,9H2,1-3H3,(H,14,18)(H,15,17). The van der Waals surface area contributed by atoms with Gasteiger partial charge in [0.2, 0.25) is 0 Å². The summed E-state index contributed by atoms with van der Waals surface area (Å²) in [5.41, 5.74) is 0.362. The summed E-state index contributed by atoms with van der Waals surface area (Å²) < 4.78 is 0. The fourth-order valence-electron chi connectivity index (χ4n) is 1.35. The number of amides is 1. The van der Waals surface area contributed by atoms with E-state index in [1.807, 2.05) is 0 Å². The van der Waals surface area contributed by atoms with Gasteiger partial charge < -0.3 is 10.6 Å². The Labute approximate surface area is 108 Å². The molecule has 18 heavy (non-hydrogen) atoms. The van der Waals surface area contributed by atoms with Gasteiger partial charge in [0.1, 0.15) is 5.82 Å². The quantitative estimate of drug-likeness (QED) is 0.728. The van der Waals surface area contributed by atoms with Crippen LogP contribution in [0.4, 0.5) is 5.82 Å². The highest BCUT2D eigenvalue weighted by molar-refractivity contribution is 5.92. The van der Waals surface area contributed by atoms with Crippen LogP contribution >= 0.6 is 0 Å². The highest BCUT2D eigenvalue weighted by Gasteiger charge is 2.07. The Hall–Kier alpha value is -1.65. The van der Waals surface area contributed by atoms with Crippen molar-refractivity contribution < 1.29 is 4.79 Å². The Morgan fingerprint density at radius 1 is 1.33 bits per heavy atom. The summed E-state index contributed by atoms with van der Waals surface area (Å²) in [6.07, 6.45) is 3.05. The Morgan fingerprint density at radius 3 is 2.67 bits per heavy atom. The molecule has 0 fully saturated rings. The van der Waals surface area contributed by atoms with Gasteiger partial charge in [-0.2, -0.15) is 0 Å². The third-order valence-corrected chi connectivity index (χ3v) is 2.72. The SMILES string of the molecule is CCCCNC(=O)c1ccc(NC(C)CC)nn1. The lowest BCUT2D eigenvalue weighted by Gasteiger charge is -2.11. The molecule has 1 atom stereocenters. The molecule has 1 aromatic rings. The number of rotatable bonds is 7. The Kier molecular flexibility index (Phi) is 6.11. The summed E-state index contributed by atoms with van der Waals surface area (Å²) in [5.74, 6) is 0.542. The van der Waals surface area contributed by atoms with Crippen LogP contribution in [0.2, 0.25) is 0 Å². The molecule has 100 valence electrons. The molecule has 1 aromatic heterocycles. The van der Waals surface area contributed by atoms with Crippen molar-refractivity contribution in [2.24, 2.45) is 0 Å². The smallest absolute Gasteiger partial charge is 0.271 e. The van der Waals surface area contributed by atoms with E-state index in [2.05, 4.69) is 41.6 Å². The molecular weight excluding hydrogens is 228 g/mol. The number of carbonyl (C=O) groups is 1. The average Bonchev–Trinajstić information content (AvgIpc) is 2.39. The average molecular weight is 250 g/mol. The van der Waals surface area contributed by atoms with Crippen molar-refractivity contribution in [2.75, 3.05) is 11.9 Å². The van der Waals surface area contributed by atoms with Crippen molar-refractivity contribution >= 4 is 11.7 Å². The summed E-state index contributed by atoms with van der Waals surface area (Å²) in [7, 11) is 0. The molecule has 1 amide bonds. The molecule has 1 unspecified atom stereocenters. The van der Waals surface area contributed by atoms with E-state index < -0.39 is 0 Å². The van der Waals surface area contributed by atoms with Gasteiger partial charge in [0.25, 0.3) is 5.91 Å². The van der Waals surface area contributed by atoms with Gasteiger partial charge in [-0.15, -0.1) is 10.2 Å². The van der Waals surface area contributed by atoms with Crippen molar-refractivity contribution in [3.8, 4) is 0 Å². The van der Waals surface area contributed by atoms with Crippen LogP contribution in [0.15, 0.2) is 12.1 Å². The van der Waals surface area contributed by atoms with E-state index in [-0.39, 0.29) is 5.91 Å². The number of aromatic nitrogens is 2. The zero-order valence-corrected chi connectivity index (χ0v) is 11.4. The maximum absolute atomic E-state index is 11.7. The van der Waals surface area contributed by atoms with Crippen LogP contribution in [0.25, 0.3) is 0 Å². The number of hydrogen-bond acceptors (Lipinski definition) is 4. The van der Waals surface area contributed by atoms with Crippen LogP contribution in [-0.4, -0.2) is 28.7 Å². The first-order valence-corrected chi connectivity index (χ1v) is 6.55. The number of carbonyl (C=O) groups excluding carboxylic acids is 1. The minimum absolute atomic E-state index is 0.161. The minimum atomic E-state index is -0.161. The zero-order chi connectivity index (χ0) is 13.4. The van der Waals surface area contributed by atoms with Crippen LogP contribution in [0.5, 0.6) is 0 Å². The van der Waals surface area contributed by atoms with Gasteiger partial charge in [-0.05, 0) is 31.9 Å². The molecule has 0 saturated carbocycles. The summed E-state index contributed by atoms with van der Waals surface area (Å²) in [6, 6.07) is 3.83. The lowest BCUT2D eigenvalue weighted by molar-refractivity contribution is 0.0947. The van der Waals surface area contributed by atoms with Crippen molar-refractivity contribution in [1.82, 2.24) is 15.5 Å². The first-order chi connectivity index (χ1) is 8.67. The zero-order valence-electron chi connectivity index (χ0n) is 11.4. The summed E-state index contributed by atoms with van der Waals surface area (Å²) in [4.78, 5) is 11.7. The minimum Gasteiger partial charge on any atom is -0.366 e. The van der Waals surface area contributed by atoms with Gasteiger partial charge in [0, 0.05) is 12.6 Å². The molecule has 0 radical (unpaired) electrons. The fraction of sp³-hybridized carbons (Fsp3) is 0.615. The third-order valence-electron chi connectivity index (χ3n) is 2.72. The topological polar surface area (TPSA) is 66.9 Å². The second-order valence-corrected chi connectivity index (χ2v) is 4.37. The summed E-state index contributed by atoms with van der Waals surface area (Å²) in [6.45, 7) is 6.94. The van der Waals surface area contributed by atoms with E-state index in [1.165, 1.54) is 0 Å². The Morgan fingerprint density at radius 2 is 2.11 bits per heavy atom. The molecule has 0 bridgehead atoms. The van der Waals surface area contributed by atoms with Crippen molar-refractivity contribution in [2.45, 2.75) is 46.1 Å². The molecule has 0 aliphatic heterocycles. The Balaban J connectivity index is 2.51. The van der Waals surface area contributed by atoms with Crippen LogP contribution < -0.4 is 10.6 Å². The third kappa shape index (κ3) is 4.69. The van der Waals surface area contributed by atoms with Crippen molar-refractivity contribution in [3.05, 3.63) is 17.8 Å². The molecule has 1 rings (SSSR count). The number of unbranched alkanes of at least 4 members (excludes halogenated alkanes) is 1. The predicted octanol–water partition coefficient (Wildman–Crippen LogP) is 2.22. The highest BCUT2D eigenvalue weighted by Crippen LogP contribution is 2.05. The fourth-order valence-corrected chi connectivity index (χ4v) is 1.35. The van der Waals surface area contributed by atoms with E-state index in [0.717, 1.165) is 19.3 Å². The Bertz CT molecular complexity index is 364. The summed E-state index contributed by atoms with van der Waals surface area (Å²) in [5, 5.41) is 13.9. The normalized spacial score (nSPS) is 11.9. The second-order valence-electron chi connectivity index (χ2n) is 4.37. The van der Waals surface area contributed by atoms with E-state index in [1.54, 1.807) is 12.1 Å². The lowest BCUT2D eigenvalue weighted by atomic mass is 10.2. The van der Waals surface area contributed by atoms with Gasteiger partial charge >= 0.3 is 0 Å². The molecule has 1 heterocycles. The van der Waals surface area contributed by atoms with Crippen molar-refractivity contribution in [1.29, 1.82) is 0 Å². The van der Waals surface area contributed by atoms with Gasteiger partial charge in [-0.3, -0.25) is 4.79 Å². The second kappa shape index (κ2) is 7.63. The number of hydrogen-bond donors (Lipinski definition) is 2. The highest BCUT2D eigenvalue weighted by atomic mass is 16.1. The molecule has 0 aromatic carbocycles. The molecule has 5 heteroatoms. The molecule has 0 aliphatic carbocycles. The molecular formula is C13H22N4O. The molecule has 0 saturated heterocycles. The number of nitrogens with one attached hydrogen (secondary N) is 2. The van der Waals surface area contributed by atoms with Crippen LogP contribution in [0, 0.1) is 0 Å². The molecule has 5 nitrogen and oxygen atoms in total. The van der Waals surface area contributed by atoms with Crippen LogP contribution in [-0.2, 0) is 0 Å². The van der Waals surface area contributed by atoms with Crippen molar-refractivity contribution in [3.63, 3.8) is 0 Å². The largest absolute Gasteiger partial charge is 0.366 e. The van der Waals surface area contributed by atoms with Crippen LogP contribution in [0.3, 0.4) is 0 Å². The van der Waals surface area contributed by atoms with E-state index in [0.29, 0.717) is 24.1 Å². The van der Waals surface area contributed by atoms with Gasteiger partial charge in [0.05, 0.1) is 0 Å². The maximum atomic E-state index is 11.7. The van der Waals surface area contributed by atoms with E-state index >= 15 is 0 Å². The molecule has 0 spiro atoms. The lowest BCUT2D eigenvalue weighted by Crippen LogP contribution is -2.25. The van der Waals surface area contributed by atoms with Gasteiger partial charge in [-0.1, -0.05) is 20.3 Å². The maximum Gasteiger partial charge on any atom is 0.271 e. The molecule has 2 N–H and O–H groups in total. The number of anilines is 1. The van der Waals surface area contributed by atoms with E-state index in [9.17, 15) is 4.79 Å². The van der Waals surface area contributed by atoms with E-state index in [4.69, 9.17) is 0 Å². The van der Waals surface area contributed by atoms with Gasteiger partial charge in [-0.25, -0.2) is 0 Å². The first kappa shape index (κ1) is 14.4. The van der Waals surface area contributed by atoms with Gasteiger partial charge in [0.15, 0.2) is 5.69 Å².